The smallest absolute Gasteiger partial charge is 0.475 e. The van der Waals surface area contributed by atoms with Crippen LogP contribution in [0.1, 0.15) is 86.1 Å². The maximum Gasteiger partial charge on any atom is 0.490 e. The molecule has 1 aromatic rings. The van der Waals surface area contributed by atoms with E-state index in [1.165, 1.54) is 5.06 Å². The van der Waals surface area contributed by atoms with Crippen LogP contribution in [0, 0.1) is 23.7 Å². The highest BCUT2D eigenvalue weighted by Crippen LogP contribution is 2.27. The molecule has 0 aliphatic carbocycles. The van der Waals surface area contributed by atoms with Crippen molar-refractivity contribution in [2.45, 2.75) is 142 Å². The Bertz CT molecular complexity index is 1630. The molecule has 16 nitrogen and oxygen atoms in total. The van der Waals surface area contributed by atoms with Gasteiger partial charge in [-0.1, -0.05) is 85.2 Å². The lowest BCUT2D eigenvalue weighted by Gasteiger charge is -2.40. The highest BCUT2D eigenvalue weighted by atomic mass is 19.4. The number of nitrogens with zero attached hydrogens (tertiary/aromatic N) is 2. The monoisotopic (exact) mass is 901 g/mol. The molecular formula is C44H71F3N6O10. The number of carbonyl (C=O) groups is 6. The van der Waals surface area contributed by atoms with Gasteiger partial charge >= 0.3 is 12.1 Å². The van der Waals surface area contributed by atoms with Crippen LogP contribution in [0.3, 0.4) is 0 Å². The van der Waals surface area contributed by atoms with Crippen molar-refractivity contribution < 1.29 is 61.4 Å². The first-order valence-electron chi connectivity index (χ1n) is 21.7. The van der Waals surface area contributed by atoms with Gasteiger partial charge in [-0.25, -0.2) is 9.86 Å². The minimum Gasteiger partial charge on any atom is -0.475 e. The molecule has 63 heavy (non-hydrogen) atoms. The van der Waals surface area contributed by atoms with E-state index in [9.17, 15) is 37.1 Å². The second-order valence-corrected chi connectivity index (χ2v) is 17.1. The third-order valence-corrected chi connectivity index (χ3v) is 11.9. The predicted octanol–water partition coefficient (Wildman–Crippen LogP) is 3.51. The van der Waals surface area contributed by atoms with Crippen LogP contribution in [0.25, 0.3) is 0 Å². The fraction of sp³-hybridized carbons (Fsp3) is 0.727. The number of aliphatic carboxylic acids is 1. The lowest BCUT2D eigenvalue weighted by Crippen LogP contribution is -2.59. The number of hydroxylamine groups is 2. The van der Waals surface area contributed by atoms with Crippen LogP contribution in [0.5, 0.6) is 0 Å². The summed E-state index contributed by atoms with van der Waals surface area (Å²) in [6.45, 7) is 14.5. The van der Waals surface area contributed by atoms with Gasteiger partial charge in [0.1, 0.15) is 12.1 Å². The summed E-state index contributed by atoms with van der Waals surface area (Å²) in [7, 11) is 6.57. The van der Waals surface area contributed by atoms with E-state index in [-0.39, 0.29) is 59.6 Å². The van der Waals surface area contributed by atoms with Crippen molar-refractivity contribution in [2.75, 3.05) is 41.5 Å². The molecule has 2 heterocycles. The van der Waals surface area contributed by atoms with Crippen molar-refractivity contribution in [3.63, 3.8) is 0 Å². The number of halogens is 3. The van der Waals surface area contributed by atoms with Gasteiger partial charge in [-0.2, -0.15) is 13.2 Å². The Morgan fingerprint density at radius 2 is 1.54 bits per heavy atom. The molecule has 0 bridgehead atoms. The Balaban J connectivity index is 0.00000179. The molecule has 0 spiro atoms. The van der Waals surface area contributed by atoms with Gasteiger partial charge in [0, 0.05) is 40.2 Å². The number of benzene rings is 1. The van der Waals surface area contributed by atoms with Crippen molar-refractivity contribution >= 4 is 35.4 Å². The van der Waals surface area contributed by atoms with Gasteiger partial charge in [-0.15, -0.1) is 0 Å². The predicted molar refractivity (Wildman–Crippen MR) is 229 cm³/mol. The Morgan fingerprint density at radius 3 is 2.02 bits per heavy atom. The minimum absolute atomic E-state index is 0.0120. The number of ether oxygens (including phenoxy) is 2. The molecule has 3 rings (SSSR count). The van der Waals surface area contributed by atoms with E-state index < -0.39 is 60.5 Å². The fourth-order valence-electron chi connectivity index (χ4n) is 8.11. The SMILES string of the molecule is CC[C@H](C)[C@@H]([C@@H](CC(=O)C1CC[C@@H]([C@H](OC)[C@@H](C)C(=O)N[C@@H](Cc2ccccc2)C(=O)N2CCCO2)N1)OC)N(C)C(=O)[C@@H](NC(=O)[C@@H](NC)C(C)C)C(C)C.O=C(O)C(F)(F)F. The molecule has 2 fully saturated rings. The molecule has 2 aliphatic rings. The molecule has 1 aromatic carbocycles. The van der Waals surface area contributed by atoms with Crippen molar-refractivity contribution in [3.05, 3.63) is 35.9 Å². The van der Waals surface area contributed by atoms with Crippen molar-refractivity contribution in [1.29, 1.82) is 0 Å². The van der Waals surface area contributed by atoms with Crippen LogP contribution >= 0.6 is 0 Å². The summed E-state index contributed by atoms with van der Waals surface area (Å²) < 4.78 is 43.6. The molecule has 4 amide bonds. The molecule has 5 N–H and O–H groups in total. The highest BCUT2D eigenvalue weighted by molar-refractivity contribution is 5.91. The van der Waals surface area contributed by atoms with Crippen molar-refractivity contribution in [3.8, 4) is 0 Å². The summed E-state index contributed by atoms with van der Waals surface area (Å²) in [6, 6.07) is 6.28. The third-order valence-electron chi connectivity index (χ3n) is 11.9. The van der Waals surface area contributed by atoms with Gasteiger partial charge in [-0.3, -0.25) is 28.8 Å². The number of ketones is 1. The molecule has 2 aliphatic heterocycles. The maximum absolute atomic E-state index is 14.1. The first-order chi connectivity index (χ1) is 29.5. The number of hydrogen-bond donors (Lipinski definition) is 5. The Labute approximate surface area is 370 Å². The third kappa shape index (κ3) is 16.1. The lowest BCUT2D eigenvalue weighted by atomic mass is 9.88. The van der Waals surface area contributed by atoms with Gasteiger partial charge in [-0.05, 0) is 49.6 Å². The molecule has 10 atom stereocenters. The van der Waals surface area contributed by atoms with Gasteiger partial charge < -0.3 is 40.7 Å². The number of amides is 4. The Hall–Kier alpha value is -4.17. The summed E-state index contributed by atoms with van der Waals surface area (Å²) in [4.78, 5) is 84.6. The van der Waals surface area contributed by atoms with Crippen LogP contribution in [-0.2, 0) is 49.5 Å². The number of rotatable bonds is 22. The standard InChI is InChI=1S/C42H70N6O8.C2HF3O2/c1-12-27(6)37(47(9)42(53)36(26(4)5)46-40(51)35(43-8)25(2)3)34(54-10)24-33(49)30-19-20-31(44-30)38(55-11)28(7)39(50)45-32(23-29-17-14-13-15-18-29)41(52)48-21-16-22-56-48;3-2(4,5)1(6)7/h13-15,17-18,25-28,30-32,34-38,43-44H,12,16,19-24H2,1-11H3,(H,45,50)(H,46,51);(H,6,7)/t27-,28+,30?,31-,32-,34+,35-,36-,37-,38+;/m0./s1. The normalized spacial score (nSPS) is 20.3. The van der Waals surface area contributed by atoms with E-state index >= 15 is 0 Å². The number of nitrogens with one attached hydrogen (secondary N) is 4. The molecule has 0 aromatic heterocycles. The fourth-order valence-corrected chi connectivity index (χ4v) is 8.11. The maximum atomic E-state index is 14.1. The van der Waals surface area contributed by atoms with Crippen LogP contribution in [0.4, 0.5) is 13.2 Å². The quantitative estimate of drug-likeness (QED) is 0.114. The van der Waals surface area contributed by atoms with Crippen molar-refractivity contribution in [2.24, 2.45) is 23.7 Å². The summed E-state index contributed by atoms with van der Waals surface area (Å²) >= 11 is 0. The number of likely N-dealkylation sites (N-methyl/N-ethyl adjacent to an activating group) is 2. The van der Waals surface area contributed by atoms with Gasteiger partial charge in [0.05, 0.1) is 49.4 Å². The Kier molecular flexibility index (Phi) is 22.6. The molecule has 358 valence electrons. The topological polar surface area (TPSA) is 205 Å². The van der Waals surface area contributed by atoms with E-state index in [1.807, 2.05) is 71.9 Å². The van der Waals surface area contributed by atoms with Crippen LogP contribution < -0.4 is 21.3 Å². The molecular weight excluding hydrogens is 830 g/mol. The number of alkyl halides is 3. The number of methoxy groups -OCH3 is 2. The van der Waals surface area contributed by atoms with E-state index in [4.69, 9.17) is 24.2 Å². The van der Waals surface area contributed by atoms with E-state index in [0.717, 1.165) is 18.4 Å². The van der Waals surface area contributed by atoms with Crippen LogP contribution in [0.15, 0.2) is 30.3 Å². The average molecular weight is 901 g/mol. The first-order valence-corrected chi connectivity index (χ1v) is 21.7. The zero-order chi connectivity index (χ0) is 47.8. The molecule has 0 saturated carbocycles. The zero-order valence-corrected chi connectivity index (χ0v) is 38.6. The van der Waals surface area contributed by atoms with Crippen LogP contribution in [0.2, 0.25) is 0 Å². The summed E-state index contributed by atoms with van der Waals surface area (Å²) in [5.74, 6) is -4.70. The van der Waals surface area contributed by atoms with E-state index in [1.54, 1.807) is 40.1 Å². The number of hydrogen-bond acceptors (Lipinski definition) is 11. The van der Waals surface area contributed by atoms with E-state index in [0.29, 0.717) is 32.4 Å². The van der Waals surface area contributed by atoms with Gasteiger partial charge in [0.2, 0.25) is 17.7 Å². The molecule has 1 unspecified atom stereocenters. The first kappa shape index (κ1) is 55.0. The summed E-state index contributed by atoms with van der Waals surface area (Å²) in [5, 5.41) is 20.9. The lowest BCUT2D eigenvalue weighted by molar-refractivity contribution is -0.192. The number of carbonyl (C=O) groups excluding carboxylic acids is 5. The number of carboxylic acid groups (broad SMARTS) is 1. The second kappa shape index (κ2) is 26.0. The summed E-state index contributed by atoms with van der Waals surface area (Å²) in [6.07, 6.45) is -3.25. The Morgan fingerprint density at radius 1 is 0.937 bits per heavy atom. The molecule has 19 heteroatoms. The molecule has 0 radical (unpaired) electrons. The van der Waals surface area contributed by atoms with Crippen molar-refractivity contribution in [1.82, 2.24) is 31.2 Å². The van der Waals surface area contributed by atoms with Gasteiger partial charge in [0.25, 0.3) is 5.91 Å². The second-order valence-electron chi connectivity index (χ2n) is 17.1. The van der Waals surface area contributed by atoms with E-state index in [2.05, 4.69) is 21.3 Å². The van der Waals surface area contributed by atoms with Gasteiger partial charge in [0.15, 0.2) is 5.78 Å². The largest absolute Gasteiger partial charge is 0.490 e. The highest BCUT2D eigenvalue weighted by Gasteiger charge is 2.43. The average Bonchev–Trinajstić information content (AvgIpc) is 3.96. The molecule has 2 saturated heterocycles. The number of Topliss-reactive ketones (excluding diaryl/α,β-unsaturated/α-hetero) is 1. The van der Waals surface area contributed by atoms with Crippen LogP contribution in [-0.4, -0.2) is 147 Å². The minimum atomic E-state index is -5.08. The zero-order valence-electron chi connectivity index (χ0n) is 38.6. The number of carboxylic acids is 1. The summed E-state index contributed by atoms with van der Waals surface area (Å²) in [5.41, 5.74) is 0.913.